The van der Waals surface area contributed by atoms with Crippen molar-refractivity contribution in [2.45, 2.75) is 49.1 Å². The number of carbonyl (C=O) groups excluding carboxylic acids is 1. The Kier molecular flexibility index (Phi) is 7.20. The van der Waals surface area contributed by atoms with E-state index in [1.807, 2.05) is 38.2 Å². The van der Waals surface area contributed by atoms with Gasteiger partial charge in [-0.1, -0.05) is 28.1 Å². The Labute approximate surface area is 225 Å². The van der Waals surface area contributed by atoms with E-state index in [1.54, 1.807) is 30.5 Å². The molecule has 0 bridgehead atoms. The molecule has 1 aliphatic rings. The summed E-state index contributed by atoms with van der Waals surface area (Å²) in [6, 6.07) is 14.6. The molecule has 1 amide bonds. The SMILES string of the molecule is Cc1cc(C)cc(S(=O)(=O)c2c(C(=O)NC3CCN(Cc4cccnc4)CC3)[nH]c3ccc(Br)cc23)c1. The fourth-order valence-corrected chi connectivity index (χ4v) is 7.18. The summed E-state index contributed by atoms with van der Waals surface area (Å²) in [5.41, 5.74) is 3.54. The molecule has 2 N–H and O–H groups in total. The highest BCUT2D eigenvalue weighted by molar-refractivity contribution is 9.10. The Balaban J connectivity index is 1.41. The first-order valence-corrected chi connectivity index (χ1v) is 14.5. The number of fused-ring (bicyclic) bond motifs is 1. The van der Waals surface area contributed by atoms with Crippen LogP contribution >= 0.6 is 15.9 Å². The Morgan fingerprint density at radius 2 is 1.84 bits per heavy atom. The Morgan fingerprint density at radius 3 is 2.51 bits per heavy atom. The number of halogens is 1. The number of rotatable bonds is 6. The summed E-state index contributed by atoms with van der Waals surface area (Å²) in [7, 11) is -3.97. The summed E-state index contributed by atoms with van der Waals surface area (Å²) in [4.78, 5) is 23.4. The fourth-order valence-electron chi connectivity index (χ4n) is 5.03. The van der Waals surface area contributed by atoms with Gasteiger partial charge in [-0.15, -0.1) is 0 Å². The standard InChI is InChI=1S/C28H29BrN4O3S/c1-18-12-19(2)14-23(13-18)37(35,36)27-24-15-21(29)5-6-25(24)32-26(27)28(34)31-22-7-10-33(11-8-22)17-20-4-3-9-30-16-20/h3-6,9,12-16,22,32H,7-8,10-11,17H2,1-2H3,(H,31,34). The van der Waals surface area contributed by atoms with E-state index < -0.39 is 15.7 Å². The van der Waals surface area contributed by atoms with Crippen molar-refractivity contribution in [2.24, 2.45) is 0 Å². The van der Waals surface area contributed by atoms with Crippen LogP contribution in [0.4, 0.5) is 0 Å². The van der Waals surface area contributed by atoms with Crippen molar-refractivity contribution >= 4 is 42.6 Å². The van der Waals surface area contributed by atoms with E-state index in [0.29, 0.717) is 10.9 Å². The molecule has 37 heavy (non-hydrogen) atoms. The first-order valence-electron chi connectivity index (χ1n) is 12.3. The predicted molar refractivity (Wildman–Crippen MR) is 147 cm³/mol. The second-order valence-electron chi connectivity index (χ2n) is 9.73. The third kappa shape index (κ3) is 5.49. The molecule has 9 heteroatoms. The van der Waals surface area contributed by atoms with E-state index in [9.17, 15) is 13.2 Å². The van der Waals surface area contributed by atoms with E-state index in [2.05, 4.69) is 42.2 Å². The molecule has 1 aliphatic heterocycles. The molecule has 0 aliphatic carbocycles. The maximum atomic E-state index is 13.9. The van der Waals surface area contributed by atoms with Crippen LogP contribution < -0.4 is 5.32 Å². The van der Waals surface area contributed by atoms with E-state index in [0.717, 1.165) is 53.6 Å². The smallest absolute Gasteiger partial charge is 0.269 e. The minimum absolute atomic E-state index is 0.0142. The molecule has 0 radical (unpaired) electrons. The zero-order chi connectivity index (χ0) is 26.2. The summed E-state index contributed by atoms with van der Waals surface area (Å²) >= 11 is 3.45. The van der Waals surface area contributed by atoms with Crippen molar-refractivity contribution < 1.29 is 13.2 Å². The summed E-state index contributed by atoms with van der Waals surface area (Å²) in [5.74, 6) is -0.402. The monoisotopic (exact) mass is 580 g/mol. The van der Waals surface area contributed by atoms with Crippen LogP contribution in [0.3, 0.4) is 0 Å². The summed E-state index contributed by atoms with van der Waals surface area (Å²) in [6.07, 6.45) is 5.22. The van der Waals surface area contributed by atoms with Crippen LogP contribution in [0.1, 0.15) is 40.0 Å². The van der Waals surface area contributed by atoms with Crippen LogP contribution in [-0.4, -0.2) is 48.3 Å². The maximum Gasteiger partial charge on any atom is 0.269 e. The van der Waals surface area contributed by atoms with Gasteiger partial charge in [0.2, 0.25) is 9.84 Å². The van der Waals surface area contributed by atoms with Gasteiger partial charge in [-0.05, 0) is 79.8 Å². The quantitative estimate of drug-likeness (QED) is 0.328. The summed E-state index contributed by atoms with van der Waals surface area (Å²) < 4.78 is 28.6. The molecule has 0 spiro atoms. The van der Waals surface area contributed by atoms with Gasteiger partial charge >= 0.3 is 0 Å². The highest BCUT2D eigenvalue weighted by atomic mass is 79.9. The van der Waals surface area contributed by atoms with Gasteiger partial charge in [0.1, 0.15) is 10.6 Å². The Morgan fingerprint density at radius 1 is 1.11 bits per heavy atom. The molecule has 0 saturated carbocycles. The number of amides is 1. The Hall–Kier alpha value is -3.01. The molecule has 192 valence electrons. The molecule has 1 saturated heterocycles. The number of nitrogens with one attached hydrogen (secondary N) is 2. The molecule has 2 aromatic carbocycles. The number of sulfone groups is 1. The van der Waals surface area contributed by atoms with Crippen LogP contribution in [0, 0.1) is 13.8 Å². The normalized spacial score (nSPS) is 15.2. The molecule has 4 aromatic rings. The number of H-pyrrole nitrogens is 1. The number of aromatic nitrogens is 2. The average Bonchev–Trinajstić information content (AvgIpc) is 3.25. The number of likely N-dealkylation sites (tertiary alicyclic amines) is 1. The lowest BCUT2D eigenvalue weighted by molar-refractivity contribution is 0.0901. The molecule has 3 heterocycles. The van der Waals surface area contributed by atoms with Gasteiger partial charge in [0.15, 0.2) is 0 Å². The number of hydrogen-bond donors (Lipinski definition) is 2. The van der Waals surface area contributed by atoms with Gasteiger partial charge in [0.05, 0.1) is 4.90 Å². The average molecular weight is 582 g/mol. The largest absolute Gasteiger partial charge is 0.349 e. The lowest BCUT2D eigenvalue weighted by atomic mass is 10.0. The highest BCUT2D eigenvalue weighted by Gasteiger charge is 2.31. The predicted octanol–water partition coefficient (Wildman–Crippen LogP) is 5.17. The molecular formula is C28H29BrN4O3S. The number of benzene rings is 2. The Bertz CT molecular complexity index is 1540. The minimum Gasteiger partial charge on any atom is -0.349 e. The van der Waals surface area contributed by atoms with Crippen LogP contribution in [0.25, 0.3) is 10.9 Å². The van der Waals surface area contributed by atoms with Crippen molar-refractivity contribution in [3.63, 3.8) is 0 Å². The molecule has 0 unspecified atom stereocenters. The first kappa shape index (κ1) is 25.6. The van der Waals surface area contributed by atoms with Gasteiger partial charge in [-0.2, -0.15) is 0 Å². The van der Waals surface area contributed by atoms with Crippen molar-refractivity contribution in [3.8, 4) is 0 Å². The number of aryl methyl sites for hydroxylation is 2. The fraction of sp³-hybridized carbons (Fsp3) is 0.286. The molecule has 0 atom stereocenters. The van der Waals surface area contributed by atoms with E-state index in [4.69, 9.17) is 0 Å². The molecule has 7 nitrogen and oxygen atoms in total. The number of nitrogens with zero attached hydrogens (tertiary/aromatic N) is 2. The topological polar surface area (TPSA) is 95.2 Å². The van der Waals surface area contributed by atoms with Crippen LogP contribution in [-0.2, 0) is 16.4 Å². The summed E-state index contributed by atoms with van der Waals surface area (Å²) in [6.45, 7) is 6.24. The molecule has 5 rings (SSSR count). The molecule has 1 fully saturated rings. The van der Waals surface area contributed by atoms with Crippen molar-refractivity contribution in [3.05, 3.63) is 87.8 Å². The zero-order valence-electron chi connectivity index (χ0n) is 20.8. The van der Waals surface area contributed by atoms with Gasteiger partial charge in [-0.3, -0.25) is 14.7 Å². The van der Waals surface area contributed by atoms with E-state index in [1.165, 1.54) is 0 Å². The highest BCUT2D eigenvalue weighted by Crippen LogP contribution is 2.34. The molecule has 2 aromatic heterocycles. The van der Waals surface area contributed by atoms with Gasteiger partial charge in [0, 0.05) is 53.4 Å². The lowest BCUT2D eigenvalue weighted by Gasteiger charge is -2.32. The zero-order valence-corrected chi connectivity index (χ0v) is 23.2. The number of piperidine rings is 1. The van der Waals surface area contributed by atoms with Gasteiger partial charge in [0.25, 0.3) is 5.91 Å². The second kappa shape index (κ2) is 10.4. The third-order valence-corrected chi connectivity index (χ3v) is 9.08. The maximum absolute atomic E-state index is 13.9. The molecular weight excluding hydrogens is 552 g/mol. The van der Waals surface area contributed by atoms with Crippen molar-refractivity contribution in [1.29, 1.82) is 0 Å². The van der Waals surface area contributed by atoms with Gasteiger partial charge in [-0.25, -0.2) is 8.42 Å². The van der Waals surface area contributed by atoms with Crippen LogP contribution in [0.15, 0.2) is 75.2 Å². The van der Waals surface area contributed by atoms with Crippen LogP contribution in [0.5, 0.6) is 0 Å². The van der Waals surface area contributed by atoms with Crippen molar-refractivity contribution in [2.75, 3.05) is 13.1 Å². The van der Waals surface area contributed by atoms with Crippen LogP contribution in [0.2, 0.25) is 0 Å². The van der Waals surface area contributed by atoms with Crippen molar-refractivity contribution in [1.82, 2.24) is 20.2 Å². The second-order valence-corrected chi connectivity index (χ2v) is 12.5. The number of carbonyl (C=O) groups is 1. The third-order valence-electron chi connectivity index (χ3n) is 6.77. The van der Waals surface area contributed by atoms with E-state index >= 15 is 0 Å². The minimum atomic E-state index is -3.97. The number of aromatic amines is 1. The van der Waals surface area contributed by atoms with Gasteiger partial charge < -0.3 is 10.3 Å². The number of hydrogen-bond acceptors (Lipinski definition) is 5. The number of pyridine rings is 1. The lowest BCUT2D eigenvalue weighted by Crippen LogP contribution is -2.44. The first-order chi connectivity index (χ1) is 17.7. The van der Waals surface area contributed by atoms with E-state index in [-0.39, 0.29) is 21.5 Å². The summed E-state index contributed by atoms with van der Waals surface area (Å²) in [5, 5.41) is 3.59.